The highest BCUT2D eigenvalue weighted by Crippen LogP contribution is 2.53. The van der Waals surface area contributed by atoms with E-state index >= 15 is 0 Å². The first kappa shape index (κ1) is 65.1. The molecule has 0 aromatic rings. The van der Waals surface area contributed by atoms with Crippen molar-refractivity contribution in [2.24, 2.45) is 23.7 Å². The van der Waals surface area contributed by atoms with Crippen LogP contribution in [-0.4, -0.2) is 0 Å². The van der Waals surface area contributed by atoms with Gasteiger partial charge in [0.1, 0.15) is 0 Å². The molecule has 10 aliphatic carbocycles. The molecule has 0 aromatic carbocycles. The molecule has 0 nitrogen and oxygen atoms in total. The van der Waals surface area contributed by atoms with Gasteiger partial charge in [-0.25, -0.2) is 0 Å². The smallest absolute Gasteiger partial charge is 0.0406 e. The third-order valence-electron chi connectivity index (χ3n) is 11.6. The van der Waals surface area contributed by atoms with Crippen molar-refractivity contribution in [3.63, 3.8) is 0 Å². The third-order valence-corrected chi connectivity index (χ3v) is 11.6. The summed E-state index contributed by atoms with van der Waals surface area (Å²) in [5.74, 6) is 4.71. The van der Waals surface area contributed by atoms with Crippen LogP contribution in [0, 0.1) is 23.7 Å². The Kier molecular flexibility index (Phi) is 74.6. The molecule has 0 saturated heterocycles. The number of hydrogen-bond acceptors (Lipinski definition) is 0. The summed E-state index contributed by atoms with van der Waals surface area (Å²) in [6.07, 6.45) is 57.6. The van der Waals surface area contributed by atoms with Gasteiger partial charge in [0.05, 0.1) is 0 Å². The van der Waals surface area contributed by atoms with Crippen LogP contribution in [0.4, 0.5) is 0 Å². The lowest BCUT2D eigenvalue weighted by molar-refractivity contribution is 0.0198. The average Bonchev–Trinajstić information content (AvgIpc) is 4.13. The molecule has 0 radical (unpaired) electrons. The lowest BCUT2D eigenvalue weighted by atomic mass is 9.56. The first-order valence-electron chi connectivity index (χ1n) is 27.9. The molecule has 10 rings (SSSR count). The summed E-state index contributed by atoms with van der Waals surface area (Å²) in [7, 11) is 0. The fraction of sp³-hybridized carbons (Fsp3) is 1.00. The topological polar surface area (TPSA) is 0 Å². The van der Waals surface area contributed by atoms with Gasteiger partial charge in [-0.3, -0.25) is 0 Å². The van der Waals surface area contributed by atoms with Crippen molar-refractivity contribution < 1.29 is 0 Å². The summed E-state index contributed by atoms with van der Waals surface area (Å²) >= 11 is 0. The molecule has 0 aromatic heterocycles. The molecular formula is C56H122. The van der Waals surface area contributed by atoms with Crippen molar-refractivity contribution in [3.8, 4) is 0 Å². The van der Waals surface area contributed by atoms with Gasteiger partial charge in [0.2, 0.25) is 0 Å². The van der Waals surface area contributed by atoms with Crippen molar-refractivity contribution in [1.29, 1.82) is 0 Å². The summed E-state index contributed by atoms with van der Waals surface area (Å²) in [5.41, 5.74) is 0. The maximum Gasteiger partial charge on any atom is -0.0406 e. The van der Waals surface area contributed by atoms with Gasteiger partial charge >= 0.3 is 0 Å². The minimum absolute atomic E-state index is 1.18. The van der Waals surface area contributed by atoms with Crippen LogP contribution < -0.4 is 0 Å². The van der Waals surface area contributed by atoms with Gasteiger partial charge in [-0.15, -0.1) is 0 Å². The highest BCUT2D eigenvalue weighted by Gasteiger charge is 2.41. The Morgan fingerprint density at radius 1 is 0.125 bits per heavy atom. The van der Waals surface area contributed by atoms with E-state index in [9.17, 15) is 0 Å². The first-order chi connectivity index (χ1) is 27.9. The summed E-state index contributed by atoms with van der Waals surface area (Å²) in [6, 6.07) is 0. The Hall–Kier alpha value is 0. The second kappa shape index (κ2) is 64.2. The highest BCUT2D eigenvalue weighted by atomic mass is 14.5. The van der Waals surface area contributed by atoms with Gasteiger partial charge in [-0.2, -0.15) is 0 Å². The van der Waals surface area contributed by atoms with Gasteiger partial charge in [0, 0.05) is 0 Å². The summed E-state index contributed by atoms with van der Waals surface area (Å²) in [4.78, 5) is 0. The molecule has 0 atom stereocenters. The minimum atomic E-state index is 1.18. The Bertz CT molecular complexity index is 413. The number of rotatable bonds is 0. The zero-order chi connectivity index (χ0) is 43.2. The molecule has 0 N–H and O–H groups in total. The van der Waals surface area contributed by atoms with Gasteiger partial charge in [0.15, 0.2) is 0 Å². The van der Waals surface area contributed by atoms with Crippen molar-refractivity contribution in [1.82, 2.24) is 0 Å². The minimum Gasteiger partial charge on any atom is -0.0683 e. The summed E-state index contributed by atoms with van der Waals surface area (Å²) in [6.45, 7) is 28.0. The van der Waals surface area contributed by atoms with E-state index < -0.39 is 0 Å². The van der Waals surface area contributed by atoms with Crippen molar-refractivity contribution in [2.75, 3.05) is 0 Å². The lowest BCUT2D eigenvalue weighted by Gasteiger charge is -2.49. The normalized spacial score (nSPS) is 24.8. The predicted molar refractivity (Wildman–Crippen MR) is 269 cm³/mol. The Morgan fingerprint density at radius 2 is 0.179 bits per heavy atom. The lowest BCUT2D eigenvalue weighted by Crippen LogP contribution is -2.38. The Labute approximate surface area is 363 Å². The quantitative estimate of drug-likeness (QED) is 0.214. The molecule has 56 heavy (non-hydrogen) atoms. The zero-order valence-electron chi connectivity index (χ0n) is 43.2. The van der Waals surface area contributed by atoms with Crippen LogP contribution >= 0.6 is 0 Å². The standard InChI is InChI=1S/C10H16.2C7H14.C6H12.C5H10.C4H8.C3H6.7C2H6/c1-7-2-9-4-8(1)5-10(3-7)6-9;2*1-2-4-6-7-5-3-1;1-2-4-6-5-3-1;1-2-4-5-3-1;1-2-4-3-1;1-2-3-1;7*1-2/h7-10H,1-6H2;2*1-7H2;1-6H2;1-5H2;1-4H2;1-3H2;7*1-2H3. The molecule has 0 heterocycles. The fourth-order valence-electron chi connectivity index (χ4n) is 8.65. The van der Waals surface area contributed by atoms with E-state index in [0.717, 1.165) is 0 Å². The van der Waals surface area contributed by atoms with Crippen LogP contribution in [0.3, 0.4) is 0 Å². The van der Waals surface area contributed by atoms with E-state index in [-0.39, 0.29) is 0 Å². The van der Waals surface area contributed by atoms with Crippen molar-refractivity contribution in [3.05, 3.63) is 0 Å². The van der Waals surface area contributed by atoms with Crippen LogP contribution in [0.2, 0.25) is 0 Å². The molecule has 10 fully saturated rings. The van der Waals surface area contributed by atoms with E-state index in [0.29, 0.717) is 0 Å². The van der Waals surface area contributed by atoms with Crippen LogP contribution in [0.1, 0.15) is 341 Å². The molecule has 0 amide bonds. The van der Waals surface area contributed by atoms with Gasteiger partial charge in [-0.05, 0) is 62.2 Å². The summed E-state index contributed by atoms with van der Waals surface area (Å²) < 4.78 is 0. The van der Waals surface area contributed by atoms with Crippen LogP contribution in [0.15, 0.2) is 0 Å². The van der Waals surface area contributed by atoms with Crippen molar-refractivity contribution in [2.45, 2.75) is 341 Å². The maximum absolute atomic E-state index is 2.00. The van der Waals surface area contributed by atoms with Crippen LogP contribution in [-0.2, 0) is 0 Å². The second-order valence-corrected chi connectivity index (χ2v) is 16.2. The maximum atomic E-state index is 2.00. The third kappa shape index (κ3) is 52.0. The molecule has 0 spiro atoms. The predicted octanol–water partition coefficient (Wildman–Crippen LogP) is 22.5. The van der Waals surface area contributed by atoms with Gasteiger partial charge in [-0.1, -0.05) is 302 Å². The Morgan fingerprint density at radius 3 is 0.232 bits per heavy atom. The SMILES string of the molecule is C1C2CC3CC1CC(C2)C3.C1CC1.C1CCC1.C1CCCC1.C1CCCCC1.C1CCCCCC1.C1CCCCCC1.CC.CC.CC.CC.CC.CC.CC. The molecule has 346 valence electrons. The van der Waals surface area contributed by atoms with E-state index in [1.165, 1.54) is 229 Å². The Balaban J connectivity index is -0.000000175. The molecule has 0 heteroatoms. The van der Waals surface area contributed by atoms with Gasteiger partial charge in [0.25, 0.3) is 0 Å². The molecule has 10 saturated carbocycles. The van der Waals surface area contributed by atoms with Crippen molar-refractivity contribution >= 4 is 0 Å². The van der Waals surface area contributed by atoms with E-state index in [1.807, 2.05) is 96.9 Å². The van der Waals surface area contributed by atoms with Crippen LogP contribution in [0.5, 0.6) is 0 Å². The first-order valence-corrected chi connectivity index (χ1v) is 27.9. The van der Waals surface area contributed by atoms with E-state index in [2.05, 4.69) is 0 Å². The largest absolute Gasteiger partial charge is 0.0683 e. The van der Waals surface area contributed by atoms with Gasteiger partial charge < -0.3 is 0 Å². The monoisotopic (exact) mass is 795 g/mol. The van der Waals surface area contributed by atoms with E-state index in [1.54, 1.807) is 38.5 Å². The number of hydrogen-bond donors (Lipinski definition) is 0. The molecule has 10 aliphatic rings. The zero-order valence-corrected chi connectivity index (χ0v) is 43.2. The van der Waals surface area contributed by atoms with E-state index in [4.69, 9.17) is 0 Å². The molecule has 4 bridgehead atoms. The molecule has 0 aliphatic heterocycles. The summed E-state index contributed by atoms with van der Waals surface area (Å²) in [5, 5.41) is 0. The molecule has 0 unspecified atom stereocenters. The fourth-order valence-corrected chi connectivity index (χ4v) is 8.65. The highest BCUT2D eigenvalue weighted by molar-refractivity contribution is 4.93. The van der Waals surface area contributed by atoms with Crippen LogP contribution in [0.25, 0.3) is 0 Å². The molecular weight excluding hydrogens is 673 g/mol. The average molecular weight is 796 g/mol. The second-order valence-electron chi connectivity index (χ2n) is 16.2.